The molecule has 0 fully saturated rings. The van der Waals surface area contributed by atoms with E-state index in [1.807, 2.05) is 24.9 Å². The van der Waals surface area contributed by atoms with Gasteiger partial charge in [-0.05, 0) is 6.92 Å². The number of hydrogen-bond donors (Lipinski definition) is 0. The third-order valence-electron chi connectivity index (χ3n) is 2.50. The molecule has 0 amide bonds. The van der Waals surface area contributed by atoms with Crippen molar-refractivity contribution in [1.29, 1.82) is 0 Å². The first kappa shape index (κ1) is 13.9. The van der Waals surface area contributed by atoms with Crippen molar-refractivity contribution in [3.05, 3.63) is 18.1 Å². The van der Waals surface area contributed by atoms with E-state index in [0.29, 0.717) is 13.1 Å². The fourth-order valence-corrected chi connectivity index (χ4v) is 1.63. The van der Waals surface area contributed by atoms with Crippen LogP contribution in [0.5, 0.6) is 0 Å². The van der Waals surface area contributed by atoms with Crippen LogP contribution in [0.2, 0.25) is 0 Å². The maximum absolute atomic E-state index is 11.2. The van der Waals surface area contributed by atoms with Crippen molar-refractivity contribution in [3.8, 4) is 0 Å². The van der Waals surface area contributed by atoms with Crippen molar-refractivity contribution >= 4 is 15.8 Å². The Morgan fingerprint density at radius 2 is 1.88 bits per heavy atom. The van der Waals surface area contributed by atoms with Gasteiger partial charge in [-0.2, -0.15) is 0 Å². The van der Waals surface area contributed by atoms with E-state index >= 15 is 0 Å². The Hall–Kier alpha value is -1.21. The second kappa shape index (κ2) is 5.42. The molecule has 1 aromatic heterocycles. The highest BCUT2D eigenvalue weighted by Crippen LogP contribution is 2.08. The first-order valence-corrected chi connectivity index (χ1v) is 7.06. The van der Waals surface area contributed by atoms with Crippen LogP contribution in [-0.4, -0.2) is 56.1 Å². The number of rotatable bonds is 5. The van der Waals surface area contributed by atoms with E-state index in [1.165, 1.54) is 16.9 Å². The molecule has 6 nitrogen and oxygen atoms in total. The Kier molecular flexibility index (Phi) is 4.41. The highest BCUT2D eigenvalue weighted by Gasteiger charge is 2.12. The van der Waals surface area contributed by atoms with E-state index in [-0.39, 0.29) is 0 Å². The summed E-state index contributed by atoms with van der Waals surface area (Å²) in [5.74, 6) is 0.791. The van der Waals surface area contributed by atoms with Crippen molar-refractivity contribution in [2.24, 2.45) is 0 Å². The molecule has 0 N–H and O–H groups in total. The van der Waals surface area contributed by atoms with Crippen LogP contribution < -0.4 is 4.90 Å². The van der Waals surface area contributed by atoms with Crippen molar-refractivity contribution < 1.29 is 8.42 Å². The summed E-state index contributed by atoms with van der Waals surface area (Å²) in [6, 6.07) is 1.86. The van der Waals surface area contributed by atoms with E-state index in [1.54, 1.807) is 7.05 Å². The van der Waals surface area contributed by atoms with E-state index in [4.69, 9.17) is 0 Å². The summed E-state index contributed by atoms with van der Waals surface area (Å²) in [6.45, 7) is 2.90. The van der Waals surface area contributed by atoms with Crippen LogP contribution in [0.25, 0.3) is 0 Å². The number of aromatic nitrogens is 2. The van der Waals surface area contributed by atoms with Gasteiger partial charge in [0.1, 0.15) is 12.1 Å². The molecule has 1 aromatic rings. The van der Waals surface area contributed by atoms with Crippen LogP contribution in [-0.2, 0) is 10.0 Å². The van der Waals surface area contributed by atoms with Crippen molar-refractivity contribution in [1.82, 2.24) is 14.3 Å². The minimum Gasteiger partial charge on any atom is -0.358 e. The Morgan fingerprint density at radius 3 is 2.41 bits per heavy atom. The molecule has 0 saturated carbocycles. The average molecular weight is 258 g/mol. The van der Waals surface area contributed by atoms with Gasteiger partial charge in [-0.15, -0.1) is 0 Å². The van der Waals surface area contributed by atoms with Gasteiger partial charge in [0.05, 0.1) is 6.26 Å². The van der Waals surface area contributed by atoms with Gasteiger partial charge in [-0.1, -0.05) is 0 Å². The number of anilines is 1. The Balaban J connectivity index is 2.59. The zero-order valence-electron chi connectivity index (χ0n) is 10.6. The molecule has 0 aliphatic carbocycles. The number of likely N-dealkylation sites (N-methyl/N-ethyl adjacent to an activating group) is 2. The third kappa shape index (κ3) is 4.27. The Morgan fingerprint density at radius 1 is 1.24 bits per heavy atom. The molecular weight excluding hydrogens is 240 g/mol. The zero-order valence-corrected chi connectivity index (χ0v) is 11.4. The van der Waals surface area contributed by atoms with Gasteiger partial charge in [0.2, 0.25) is 10.0 Å². The topological polar surface area (TPSA) is 66.4 Å². The molecule has 1 heterocycles. The Bertz CT molecular complexity index is 475. The molecule has 17 heavy (non-hydrogen) atoms. The number of hydrogen-bond acceptors (Lipinski definition) is 5. The standard InChI is InChI=1S/C10H18N4O2S/c1-9-7-10(12-8-11-9)13(2)5-6-14(3)17(4,15)16/h7-8H,5-6H2,1-4H3. The molecule has 0 bridgehead atoms. The summed E-state index contributed by atoms with van der Waals surface area (Å²) >= 11 is 0. The highest BCUT2D eigenvalue weighted by atomic mass is 32.2. The second-order valence-electron chi connectivity index (χ2n) is 4.02. The summed E-state index contributed by atoms with van der Waals surface area (Å²) in [4.78, 5) is 10.0. The summed E-state index contributed by atoms with van der Waals surface area (Å²) in [7, 11) is 0.322. The van der Waals surface area contributed by atoms with Crippen LogP contribution in [0.3, 0.4) is 0 Å². The first-order valence-electron chi connectivity index (χ1n) is 5.22. The normalized spacial score (nSPS) is 11.8. The minimum atomic E-state index is -3.11. The van der Waals surface area contributed by atoms with Crippen LogP contribution >= 0.6 is 0 Å². The molecule has 0 saturated heterocycles. The van der Waals surface area contributed by atoms with Crippen molar-refractivity contribution in [2.45, 2.75) is 6.92 Å². The summed E-state index contributed by atoms with van der Waals surface area (Å²) < 4.78 is 23.7. The smallest absolute Gasteiger partial charge is 0.211 e. The highest BCUT2D eigenvalue weighted by molar-refractivity contribution is 7.88. The monoisotopic (exact) mass is 258 g/mol. The summed E-state index contributed by atoms with van der Waals surface area (Å²) in [5, 5.41) is 0. The maximum atomic E-state index is 11.2. The molecule has 0 radical (unpaired) electrons. The number of aryl methyl sites for hydroxylation is 1. The SMILES string of the molecule is Cc1cc(N(C)CCN(C)S(C)(=O)=O)ncn1. The number of nitrogens with zero attached hydrogens (tertiary/aromatic N) is 4. The average Bonchev–Trinajstić information content (AvgIpc) is 2.24. The fourth-order valence-electron chi connectivity index (χ4n) is 1.22. The quantitative estimate of drug-likeness (QED) is 0.750. The molecule has 0 aliphatic heterocycles. The van der Waals surface area contributed by atoms with Gasteiger partial charge in [-0.3, -0.25) is 0 Å². The lowest BCUT2D eigenvalue weighted by atomic mass is 10.4. The van der Waals surface area contributed by atoms with Gasteiger partial charge in [0, 0.05) is 38.9 Å². The molecule has 0 atom stereocenters. The van der Waals surface area contributed by atoms with Gasteiger partial charge in [0.25, 0.3) is 0 Å². The molecule has 96 valence electrons. The van der Waals surface area contributed by atoms with Crippen LogP contribution in [0.15, 0.2) is 12.4 Å². The van der Waals surface area contributed by atoms with Crippen molar-refractivity contribution in [3.63, 3.8) is 0 Å². The lowest BCUT2D eigenvalue weighted by molar-refractivity contribution is 0.479. The molecule has 0 unspecified atom stereocenters. The zero-order chi connectivity index (χ0) is 13.1. The van der Waals surface area contributed by atoms with E-state index in [0.717, 1.165) is 11.5 Å². The molecule has 0 aromatic carbocycles. The lowest BCUT2D eigenvalue weighted by Crippen LogP contribution is -2.34. The Labute approximate surface area is 102 Å². The maximum Gasteiger partial charge on any atom is 0.211 e. The predicted octanol–water partition coefficient (Wildman–Crippen LogP) is 0.113. The fraction of sp³-hybridized carbons (Fsp3) is 0.600. The number of sulfonamides is 1. The third-order valence-corrected chi connectivity index (χ3v) is 3.81. The predicted molar refractivity (Wildman–Crippen MR) is 67.5 cm³/mol. The minimum absolute atomic E-state index is 0.429. The van der Waals surface area contributed by atoms with Gasteiger partial charge in [-0.25, -0.2) is 22.7 Å². The van der Waals surface area contributed by atoms with Crippen molar-refractivity contribution in [2.75, 3.05) is 38.3 Å². The lowest BCUT2D eigenvalue weighted by Gasteiger charge is -2.21. The van der Waals surface area contributed by atoms with E-state index in [2.05, 4.69) is 9.97 Å². The molecule has 1 rings (SSSR count). The summed E-state index contributed by atoms with van der Waals surface area (Å²) in [6.07, 6.45) is 2.70. The summed E-state index contributed by atoms with van der Waals surface area (Å²) in [5.41, 5.74) is 0.887. The molecular formula is C10H18N4O2S. The van der Waals surface area contributed by atoms with Gasteiger partial charge in [0.15, 0.2) is 0 Å². The van der Waals surface area contributed by atoms with Gasteiger partial charge < -0.3 is 4.90 Å². The molecule has 0 aliphatic rings. The molecule has 7 heteroatoms. The van der Waals surface area contributed by atoms with E-state index < -0.39 is 10.0 Å². The van der Waals surface area contributed by atoms with E-state index in [9.17, 15) is 8.42 Å². The van der Waals surface area contributed by atoms with Crippen LogP contribution in [0.4, 0.5) is 5.82 Å². The van der Waals surface area contributed by atoms with Crippen LogP contribution in [0, 0.1) is 6.92 Å². The molecule has 0 spiro atoms. The van der Waals surface area contributed by atoms with Gasteiger partial charge >= 0.3 is 0 Å². The first-order chi connectivity index (χ1) is 7.80. The second-order valence-corrected chi connectivity index (χ2v) is 6.11. The van der Waals surface area contributed by atoms with Crippen LogP contribution in [0.1, 0.15) is 5.69 Å². The largest absolute Gasteiger partial charge is 0.358 e.